The predicted molar refractivity (Wildman–Crippen MR) is 45.8 cm³/mol. The van der Waals surface area contributed by atoms with Gasteiger partial charge in [-0.15, -0.1) is 24.8 Å². The van der Waals surface area contributed by atoms with Crippen LogP contribution in [0, 0.1) is 0 Å². The van der Waals surface area contributed by atoms with Crippen LogP contribution in [0.3, 0.4) is 0 Å². The van der Waals surface area contributed by atoms with Crippen LogP contribution in [0.15, 0.2) is 23.3 Å². The molecule has 0 nitrogen and oxygen atoms in total. The summed E-state index contributed by atoms with van der Waals surface area (Å²) in [6.07, 6.45) is 5.63. The summed E-state index contributed by atoms with van der Waals surface area (Å²) in [6.45, 7) is 2.18. The summed E-state index contributed by atoms with van der Waals surface area (Å²) in [7, 11) is 0. The van der Waals surface area contributed by atoms with E-state index in [-0.39, 0.29) is 24.8 Å². The molecule has 0 aromatic rings. The summed E-state index contributed by atoms with van der Waals surface area (Å²) < 4.78 is 1.22. The second kappa shape index (κ2) is 6.48. The van der Waals surface area contributed by atoms with Crippen LogP contribution >= 0.6 is 24.8 Å². The van der Waals surface area contributed by atoms with Crippen molar-refractivity contribution in [2.75, 3.05) is 0 Å². The van der Waals surface area contributed by atoms with E-state index >= 15 is 0 Å². The van der Waals surface area contributed by atoms with Gasteiger partial charge in [0.15, 0.2) is 0 Å². The maximum Gasteiger partial charge on any atom is -0.147 e. The molecule has 0 aliphatic heterocycles. The quantitative estimate of drug-likeness (QED) is 0.588. The summed E-state index contributed by atoms with van der Waals surface area (Å²) in [5, 5.41) is 0. The molecule has 0 amide bonds. The molecule has 1 aliphatic rings. The molecule has 0 atom stereocenters. The standard InChI is InChI=1S/C7H9.2ClH.Ti/c1-6-4-3-5-7(6)2;;;/h3,5H,1,4H2,2H3;2*1H;. The molecule has 57 valence electrons. The fraction of sp³-hybridized carbons (Fsp3) is 0.429. The Morgan fingerprint density at radius 1 is 1.50 bits per heavy atom. The summed E-state index contributed by atoms with van der Waals surface area (Å²) in [6, 6.07) is 0. The Hall–Kier alpha value is 0.774. The largest absolute Gasteiger partial charge is 0.147 e. The van der Waals surface area contributed by atoms with E-state index in [1.165, 1.54) is 16.7 Å². The van der Waals surface area contributed by atoms with Crippen LogP contribution in [-0.2, 0) is 20.4 Å². The first kappa shape index (κ1) is 13.4. The molecule has 1 rings (SSSR count). The molecule has 0 saturated carbocycles. The molecule has 1 aliphatic carbocycles. The summed E-state index contributed by atoms with van der Waals surface area (Å²) in [5.41, 5.74) is 3.08. The van der Waals surface area contributed by atoms with Crippen LogP contribution in [0.25, 0.3) is 0 Å². The van der Waals surface area contributed by atoms with E-state index in [2.05, 4.69) is 39.5 Å². The average molecular weight is 214 g/mol. The third-order valence-electron chi connectivity index (χ3n) is 1.50. The number of halogens is 2. The molecule has 0 fully saturated rings. The maximum atomic E-state index is 2.23. The maximum absolute atomic E-state index is 2.23. The Labute approximate surface area is 86.4 Å². The molecule has 0 spiro atoms. The van der Waals surface area contributed by atoms with E-state index in [4.69, 9.17) is 0 Å². The van der Waals surface area contributed by atoms with Gasteiger partial charge in [-0.05, 0) is 0 Å². The van der Waals surface area contributed by atoms with Gasteiger partial charge in [0.2, 0.25) is 0 Å². The van der Waals surface area contributed by atoms with Crippen molar-refractivity contribution in [1.82, 2.24) is 0 Å². The Balaban J connectivity index is 0. The summed E-state index contributed by atoms with van der Waals surface area (Å²) in [5.74, 6) is 0. The molecule has 0 saturated heterocycles. The Morgan fingerprint density at radius 2 is 2.10 bits per heavy atom. The number of hydrogen-bond acceptors (Lipinski definition) is 0. The van der Waals surface area contributed by atoms with Gasteiger partial charge in [0.1, 0.15) is 0 Å². The van der Waals surface area contributed by atoms with Crippen LogP contribution in [0.1, 0.15) is 13.3 Å². The van der Waals surface area contributed by atoms with Crippen molar-refractivity contribution >= 4 is 24.8 Å². The Kier molecular flexibility index (Phi) is 8.67. The van der Waals surface area contributed by atoms with Gasteiger partial charge in [0.05, 0.1) is 0 Å². The SMILES string of the molecule is CC1=C([CH2][Ti])CC=C1.Cl.Cl. The third-order valence-corrected chi connectivity index (χ3v) is 2.17. The predicted octanol–water partition coefficient (Wildman–Crippen LogP) is 3.07. The van der Waals surface area contributed by atoms with E-state index < -0.39 is 0 Å². The van der Waals surface area contributed by atoms with Crippen molar-refractivity contribution in [1.29, 1.82) is 0 Å². The first-order valence-corrected chi connectivity index (χ1v) is 3.95. The van der Waals surface area contributed by atoms with Gasteiger partial charge < -0.3 is 0 Å². The van der Waals surface area contributed by atoms with E-state index in [0.717, 1.165) is 0 Å². The Morgan fingerprint density at radius 3 is 2.30 bits per heavy atom. The summed E-state index contributed by atoms with van der Waals surface area (Å²) in [4.78, 5) is 0. The van der Waals surface area contributed by atoms with Crippen LogP contribution in [0.4, 0.5) is 0 Å². The van der Waals surface area contributed by atoms with Gasteiger partial charge in [-0.3, -0.25) is 0 Å². The molecule has 0 N–H and O–H groups in total. The molecule has 0 radical (unpaired) electrons. The van der Waals surface area contributed by atoms with Gasteiger partial charge in [-0.1, -0.05) is 0 Å². The van der Waals surface area contributed by atoms with E-state index in [0.29, 0.717) is 0 Å². The van der Waals surface area contributed by atoms with Crippen LogP contribution < -0.4 is 0 Å². The van der Waals surface area contributed by atoms with E-state index in [9.17, 15) is 0 Å². The van der Waals surface area contributed by atoms with Crippen LogP contribution in [0.2, 0.25) is 4.73 Å². The zero-order valence-corrected chi connectivity index (χ0v) is 9.08. The van der Waals surface area contributed by atoms with Crippen molar-refractivity contribution in [3.8, 4) is 0 Å². The number of allylic oxidation sites excluding steroid dienone is 4. The van der Waals surface area contributed by atoms with Gasteiger partial charge in [0.25, 0.3) is 0 Å². The molecule has 0 heterocycles. The minimum absolute atomic E-state index is 0. The Bertz CT molecular complexity index is 150. The number of hydrogen-bond donors (Lipinski definition) is 0. The van der Waals surface area contributed by atoms with Crippen LogP contribution in [0.5, 0.6) is 0 Å². The molecular weight excluding hydrogens is 203 g/mol. The van der Waals surface area contributed by atoms with E-state index in [1.807, 2.05) is 0 Å². The van der Waals surface area contributed by atoms with Crippen molar-refractivity contribution < 1.29 is 20.4 Å². The summed E-state index contributed by atoms with van der Waals surface area (Å²) >= 11 is 2.21. The van der Waals surface area contributed by atoms with E-state index in [1.54, 1.807) is 5.57 Å². The molecule has 0 aromatic carbocycles. The van der Waals surface area contributed by atoms with Gasteiger partial charge in [0, 0.05) is 0 Å². The average Bonchev–Trinajstić information content (AvgIpc) is 2.14. The minimum Gasteiger partial charge on any atom is -0.147 e. The van der Waals surface area contributed by atoms with Gasteiger partial charge in [-0.2, -0.15) is 0 Å². The molecule has 10 heavy (non-hydrogen) atoms. The molecular formula is C7H11Cl2Ti. The van der Waals surface area contributed by atoms with Crippen molar-refractivity contribution in [3.63, 3.8) is 0 Å². The topological polar surface area (TPSA) is 0 Å². The van der Waals surface area contributed by atoms with Crippen molar-refractivity contribution in [2.24, 2.45) is 0 Å². The first-order valence-electron chi connectivity index (χ1n) is 2.84. The molecule has 0 bridgehead atoms. The smallest absolute Gasteiger partial charge is 0.147 e. The fourth-order valence-electron chi connectivity index (χ4n) is 0.868. The van der Waals surface area contributed by atoms with Crippen LogP contribution in [-0.4, -0.2) is 0 Å². The number of rotatable bonds is 1. The van der Waals surface area contributed by atoms with Gasteiger partial charge >= 0.3 is 61.8 Å². The second-order valence-electron chi connectivity index (χ2n) is 2.07. The zero-order chi connectivity index (χ0) is 5.98. The second-order valence-corrected chi connectivity index (χ2v) is 2.62. The zero-order valence-electron chi connectivity index (χ0n) is 5.89. The first-order chi connectivity index (χ1) is 3.84. The minimum atomic E-state index is 0. The third kappa shape index (κ3) is 3.25. The molecule has 0 unspecified atom stereocenters. The normalized spacial score (nSPS) is 14.4. The van der Waals surface area contributed by atoms with Crippen molar-refractivity contribution in [3.05, 3.63) is 23.3 Å². The van der Waals surface area contributed by atoms with Crippen molar-refractivity contribution in [2.45, 2.75) is 18.1 Å². The fourth-order valence-corrected chi connectivity index (χ4v) is 1.53. The molecule has 0 aromatic heterocycles. The monoisotopic (exact) mass is 213 g/mol. The van der Waals surface area contributed by atoms with Gasteiger partial charge in [-0.25, -0.2) is 0 Å². The molecule has 3 heteroatoms.